The molecule has 2 aromatic rings. The molecule has 1 N–H and O–H groups in total. The van der Waals surface area contributed by atoms with E-state index in [0.29, 0.717) is 30.4 Å². The first-order valence-corrected chi connectivity index (χ1v) is 7.10. The van der Waals surface area contributed by atoms with Crippen molar-refractivity contribution in [3.05, 3.63) is 58.7 Å². The van der Waals surface area contributed by atoms with E-state index in [2.05, 4.69) is 15.3 Å². The molecule has 0 radical (unpaired) electrons. The van der Waals surface area contributed by atoms with Crippen LogP contribution in [0.2, 0.25) is 0 Å². The van der Waals surface area contributed by atoms with Crippen LogP contribution >= 0.6 is 0 Å². The highest BCUT2D eigenvalue weighted by atomic mass is 19.1. The van der Waals surface area contributed by atoms with E-state index in [0.717, 1.165) is 17.5 Å². The van der Waals surface area contributed by atoms with Gasteiger partial charge in [0.1, 0.15) is 17.5 Å². The number of aromatic nitrogens is 2. The average Bonchev–Trinajstić information content (AvgIpc) is 3.18. The molecule has 1 aliphatic carbocycles. The molecule has 21 heavy (non-hydrogen) atoms. The fourth-order valence-electron chi connectivity index (χ4n) is 2.30. The van der Waals surface area contributed by atoms with E-state index in [1.807, 2.05) is 13.0 Å². The van der Waals surface area contributed by atoms with Gasteiger partial charge in [-0.05, 0) is 43.5 Å². The van der Waals surface area contributed by atoms with E-state index in [1.165, 1.54) is 25.0 Å². The molecule has 5 heteroatoms. The predicted octanol–water partition coefficient (Wildman–Crippen LogP) is 2.91. The summed E-state index contributed by atoms with van der Waals surface area (Å²) in [4.78, 5) is 8.82. The van der Waals surface area contributed by atoms with Gasteiger partial charge >= 0.3 is 0 Å². The summed E-state index contributed by atoms with van der Waals surface area (Å²) in [6.45, 7) is 2.61. The van der Waals surface area contributed by atoms with Crippen molar-refractivity contribution in [2.45, 2.75) is 38.8 Å². The van der Waals surface area contributed by atoms with E-state index in [9.17, 15) is 8.78 Å². The van der Waals surface area contributed by atoms with Gasteiger partial charge in [0.25, 0.3) is 0 Å². The van der Waals surface area contributed by atoms with Gasteiger partial charge < -0.3 is 5.32 Å². The monoisotopic (exact) mass is 289 g/mol. The Morgan fingerprint density at radius 3 is 2.48 bits per heavy atom. The maximum atomic E-state index is 13.2. The number of hydrogen-bond acceptors (Lipinski definition) is 3. The molecule has 0 saturated heterocycles. The maximum Gasteiger partial charge on any atom is 0.133 e. The number of hydrogen-bond donors (Lipinski definition) is 1. The number of aryl methyl sites for hydroxylation is 1. The van der Waals surface area contributed by atoms with Crippen molar-refractivity contribution < 1.29 is 8.78 Å². The zero-order chi connectivity index (χ0) is 14.8. The second-order valence-corrected chi connectivity index (χ2v) is 5.53. The van der Waals surface area contributed by atoms with Crippen LogP contribution in [0.1, 0.15) is 35.6 Å². The SMILES string of the molecule is Cc1cc(CNC2CC2)nc(Cc2cc(F)cc(F)c2)n1. The third-order valence-corrected chi connectivity index (χ3v) is 3.39. The zero-order valence-electron chi connectivity index (χ0n) is 11.9. The lowest BCUT2D eigenvalue weighted by Crippen LogP contribution is -2.17. The molecule has 3 nitrogen and oxygen atoms in total. The van der Waals surface area contributed by atoms with Crippen molar-refractivity contribution in [3.63, 3.8) is 0 Å². The van der Waals surface area contributed by atoms with Crippen molar-refractivity contribution in [2.24, 2.45) is 0 Å². The minimum absolute atomic E-state index is 0.326. The summed E-state index contributed by atoms with van der Waals surface area (Å²) < 4.78 is 26.4. The van der Waals surface area contributed by atoms with Gasteiger partial charge in [-0.25, -0.2) is 18.7 Å². The van der Waals surface area contributed by atoms with Crippen LogP contribution in [0.5, 0.6) is 0 Å². The lowest BCUT2D eigenvalue weighted by Gasteiger charge is -2.07. The molecule has 1 aromatic carbocycles. The van der Waals surface area contributed by atoms with Crippen LogP contribution in [0, 0.1) is 18.6 Å². The molecule has 3 rings (SSSR count). The molecule has 1 aliphatic rings. The number of halogens is 2. The third-order valence-electron chi connectivity index (χ3n) is 3.39. The molecule has 1 saturated carbocycles. The molecular weight excluding hydrogens is 272 g/mol. The highest BCUT2D eigenvalue weighted by molar-refractivity contribution is 5.22. The molecule has 0 spiro atoms. The Labute approximate surface area is 122 Å². The van der Waals surface area contributed by atoms with E-state index >= 15 is 0 Å². The van der Waals surface area contributed by atoms with Gasteiger partial charge in [0, 0.05) is 30.8 Å². The van der Waals surface area contributed by atoms with Gasteiger partial charge in [-0.3, -0.25) is 0 Å². The van der Waals surface area contributed by atoms with Crippen molar-refractivity contribution in [1.82, 2.24) is 15.3 Å². The Kier molecular flexibility index (Phi) is 3.92. The quantitative estimate of drug-likeness (QED) is 0.919. The van der Waals surface area contributed by atoms with Crippen LogP contribution in [-0.4, -0.2) is 16.0 Å². The summed E-state index contributed by atoms with van der Waals surface area (Å²) >= 11 is 0. The average molecular weight is 289 g/mol. The Hall–Kier alpha value is -1.88. The molecule has 1 aromatic heterocycles. The summed E-state index contributed by atoms with van der Waals surface area (Å²) in [5.74, 6) is -0.561. The number of nitrogens with zero attached hydrogens (tertiary/aromatic N) is 2. The highest BCUT2D eigenvalue weighted by Gasteiger charge is 2.20. The molecule has 0 aliphatic heterocycles. The molecule has 110 valence electrons. The second kappa shape index (κ2) is 5.85. The Morgan fingerprint density at radius 2 is 1.81 bits per heavy atom. The van der Waals surface area contributed by atoms with Crippen LogP contribution < -0.4 is 5.32 Å². The molecule has 1 fully saturated rings. The second-order valence-electron chi connectivity index (χ2n) is 5.53. The molecule has 0 bridgehead atoms. The first-order valence-electron chi connectivity index (χ1n) is 7.10. The summed E-state index contributed by atoms with van der Waals surface area (Å²) in [6.07, 6.45) is 2.77. The van der Waals surface area contributed by atoms with Gasteiger partial charge in [0.2, 0.25) is 0 Å². The van der Waals surface area contributed by atoms with Crippen molar-refractivity contribution in [1.29, 1.82) is 0 Å². The lowest BCUT2D eigenvalue weighted by atomic mass is 10.1. The normalized spacial score (nSPS) is 14.4. The van der Waals surface area contributed by atoms with Gasteiger partial charge in [-0.2, -0.15) is 0 Å². The predicted molar refractivity (Wildman–Crippen MR) is 75.8 cm³/mol. The van der Waals surface area contributed by atoms with Gasteiger partial charge in [0.05, 0.1) is 5.69 Å². The Morgan fingerprint density at radius 1 is 1.10 bits per heavy atom. The zero-order valence-corrected chi connectivity index (χ0v) is 11.9. The highest BCUT2D eigenvalue weighted by Crippen LogP contribution is 2.19. The van der Waals surface area contributed by atoms with Crippen LogP contribution in [0.15, 0.2) is 24.3 Å². The fourth-order valence-corrected chi connectivity index (χ4v) is 2.30. The van der Waals surface area contributed by atoms with Gasteiger partial charge in [-0.15, -0.1) is 0 Å². The summed E-state index contributed by atoms with van der Waals surface area (Å²) in [5, 5.41) is 3.40. The van der Waals surface area contributed by atoms with E-state index in [-0.39, 0.29) is 0 Å². The van der Waals surface area contributed by atoms with Crippen LogP contribution in [0.3, 0.4) is 0 Å². The third kappa shape index (κ3) is 4.04. The van der Waals surface area contributed by atoms with E-state index in [1.54, 1.807) is 0 Å². The molecule has 1 heterocycles. The van der Waals surface area contributed by atoms with Crippen molar-refractivity contribution >= 4 is 0 Å². The smallest absolute Gasteiger partial charge is 0.133 e. The Balaban J connectivity index is 1.76. The van der Waals surface area contributed by atoms with Crippen LogP contribution in [0.25, 0.3) is 0 Å². The number of rotatable bonds is 5. The van der Waals surface area contributed by atoms with Gasteiger partial charge in [-0.1, -0.05) is 0 Å². The lowest BCUT2D eigenvalue weighted by molar-refractivity contribution is 0.580. The number of benzene rings is 1. The van der Waals surface area contributed by atoms with E-state index in [4.69, 9.17) is 0 Å². The maximum absolute atomic E-state index is 13.2. The molecule has 0 amide bonds. The number of nitrogens with one attached hydrogen (secondary N) is 1. The van der Waals surface area contributed by atoms with Gasteiger partial charge in [0.15, 0.2) is 0 Å². The molecule has 0 unspecified atom stereocenters. The van der Waals surface area contributed by atoms with Crippen molar-refractivity contribution in [2.75, 3.05) is 0 Å². The minimum Gasteiger partial charge on any atom is -0.308 e. The summed E-state index contributed by atoms with van der Waals surface area (Å²) in [6, 6.07) is 6.05. The first-order chi connectivity index (χ1) is 10.1. The summed E-state index contributed by atoms with van der Waals surface area (Å²) in [7, 11) is 0. The Bertz CT molecular complexity index is 634. The molecular formula is C16H17F2N3. The summed E-state index contributed by atoms with van der Waals surface area (Å²) in [5.41, 5.74) is 2.32. The molecule has 0 atom stereocenters. The van der Waals surface area contributed by atoms with E-state index < -0.39 is 11.6 Å². The van der Waals surface area contributed by atoms with Crippen molar-refractivity contribution in [3.8, 4) is 0 Å². The first kappa shape index (κ1) is 14.1. The standard InChI is InChI=1S/C16H17F2N3/c1-10-4-15(9-19-14-2-3-14)21-16(20-10)7-11-5-12(17)8-13(18)6-11/h4-6,8,14,19H,2-3,7,9H2,1H3. The minimum atomic E-state index is -0.576. The topological polar surface area (TPSA) is 37.8 Å². The largest absolute Gasteiger partial charge is 0.308 e. The fraction of sp³-hybridized carbons (Fsp3) is 0.375. The van der Waals surface area contributed by atoms with Crippen LogP contribution in [0.4, 0.5) is 8.78 Å². The van der Waals surface area contributed by atoms with Crippen LogP contribution in [-0.2, 0) is 13.0 Å².